The lowest BCUT2D eigenvalue weighted by Crippen LogP contribution is -2.32. The van der Waals surface area contributed by atoms with Crippen molar-refractivity contribution in [3.8, 4) is 0 Å². The normalized spacial score (nSPS) is 20.8. The lowest BCUT2D eigenvalue weighted by molar-refractivity contribution is 0.0939. The first-order valence-electron chi connectivity index (χ1n) is 6.77. The first-order chi connectivity index (χ1) is 10.1. The van der Waals surface area contributed by atoms with Gasteiger partial charge in [0.05, 0.1) is 24.9 Å². The average Bonchev–Trinajstić information content (AvgIpc) is 3.06. The molecule has 1 aromatic rings. The fraction of sp³-hybridized carbons (Fsp3) is 0.462. The lowest BCUT2D eigenvalue weighted by atomic mass is 10.2. The Morgan fingerprint density at radius 2 is 2.38 bits per heavy atom. The molecular weight excluding hydrogens is 274 g/mol. The van der Waals surface area contributed by atoms with Crippen LogP contribution < -0.4 is 5.32 Å². The molecular formula is C13H17N5O3. The lowest BCUT2D eigenvalue weighted by Gasteiger charge is -2.21. The van der Waals surface area contributed by atoms with Crippen LogP contribution >= 0.6 is 0 Å². The third-order valence-corrected chi connectivity index (χ3v) is 3.73. The minimum atomic E-state index is -0.323. The van der Waals surface area contributed by atoms with Gasteiger partial charge in [0.25, 0.3) is 5.91 Å². The van der Waals surface area contributed by atoms with E-state index >= 15 is 0 Å². The summed E-state index contributed by atoms with van der Waals surface area (Å²) >= 11 is 0. The van der Waals surface area contributed by atoms with Crippen LogP contribution in [0.15, 0.2) is 18.3 Å². The standard InChI is InChI=1S/C13H17N5O3/c1-16-9-6-10(8-17(7-9)13(16)21)18-4-2-11(15-18)12(20)14-3-5-19/h2,4,6,9,19H,3,5,7-8H2,1H3,(H,14,20). The molecule has 2 bridgehead atoms. The zero-order valence-electron chi connectivity index (χ0n) is 11.7. The highest BCUT2D eigenvalue weighted by atomic mass is 16.3. The highest BCUT2D eigenvalue weighted by molar-refractivity contribution is 5.92. The number of nitrogens with zero attached hydrogens (tertiary/aromatic N) is 4. The van der Waals surface area contributed by atoms with E-state index in [4.69, 9.17) is 5.11 Å². The van der Waals surface area contributed by atoms with E-state index in [1.54, 1.807) is 33.8 Å². The minimum Gasteiger partial charge on any atom is -0.395 e. The number of hydrogen-bond acceptors (Lipinski definition) is 4. The van der Waals surface area contributed by atoms with E-state index < -0.39 is 0 Å². The minimum absolute atomic E-state index is 0.0133. The van der Waals surface area contributed by atoms with Gasteiger partial charge in [0.1, 0.15) is 0 Å². The Balaban J connectivity index is 1.77. The molecule has 112 valence electrons. The number of aromatic nitrogens is 2. The molecule has 8 nitrogen and oxygen atoms in total. The van der Waals surface area contributed by atoms with Crippen molar-refractivity contribution in [2.45, 2.75) is 6.04 Å². The zero-order valence-corrected chi connectivity index (χ0v) is 11.7. The Kier molecular flexibility index (Phi) is 3.38. The number of carbonyl (C=O) groups is 2. The Morgan fingerprint density at radius 1 is 1.57 bits per heavy atom. The molecule has 21 heavy (non-hydrogen) atoms. The van der Waals surface area contributed by atoms with Crippen LogP contribution in [0.5, 0.6) is 0 Å². The summed E-state index contributed by atoms with van der Waals surface area (Å²) in [6.45, 7) is 1.27. The third kappa shape index (κ3) is 2.38. The average molecular weight is 291 g/mol. The van der Waals surface area contributed by atoms with Gasteiger partial charge in [0.2, 0.25) is 0 Å². The Bertz CT molecular complexity index is 609. The summed E-state index contributed by atoms with van der Waals surface area (Å²) in [5.41, 5.74) is 1.17. The van der Waals surface area contributed by atoms with Gasteiger partial charge < -0.3 is 20.2 Å². The number of amides is 3. The predicted octanol–water partition coefficient (Wildman–Crippen LogP) is -0.804. The van der Waals surface area contributed by atoms with Gasteiger partial charge in [0, 0.05) is 26.3 Å². The van der Waals surface area contributed by atoms with Crippen molar-refractivity contribution >= 4 is 17.6 Å². The molecule has 1 aromatic heterocycles. The maximum absolute atomic E-state index is 11.9. The molecule has 1 fully saturated rings. The van der Waals surface area contributed by atoms with E-state index in [0.29, 0.717) is 13.1 Å². The van der Waals surface area contributed by atoms with Gasteiger partial charge in [-0.3, -0.25) is 4.79 Å². The maximum atomic E-state index is 11.9. The molecule has 3 heterocycles. The van der Waals surface area contributed by atoms with Crippen molar-refractivity contribution < 1.29 is 14.7 Å². The van der Waals surface area contributed by atoms with E-state index in [0.717, 1.165) is 5.70 Å². The van der Waals surface area contributed by atoms with Crippen LogP contribution in [0.1, 0.15) is 10.5 Å². The fourth-order valence-corrected chi connectivity index (χ4v) is 2.57. The molecule has 1 atom stereocenters. The Morgan fingerprint density at radius 3 is 3.10 bits per heavy atom. The molecule has 0 spiro atoms. The number of hydrogen-bond donors (Lipinski definition) is 2. The Labute approximate surface area is 121 Å². The molecule has 1 unspecified atom stereocenters. The van der Waals surface area contributed by atoms with Crippen LogP contribution in [0.2, 0.25) is 0 Å². The van der Waals surface area contributed by atoms with Crippen LogP contribution in [0.3, 0.4) is 0 Å². The first-order valence-corrected chi connectivity index (χ1v) is 6.77. The van der Waals surface area contributed by atoms with Gasteiger partial charge in [-0.25, -0.2) is 9.48 Å². The zero-order chi connectivity index (χ0) is 15.0. The van der Waals surface area contributed by atoms with E-state index in [1.165, 1.54) is 0 Å². The van der Waals surface area contributed by atoms with Crippen molar-refractivity contribution in [3.63, 3.8) is 0 Å². The van der Waals surface area contributed by atoms with Crippen molar-refractivity contribution in [1.82, 2.24) is 24.9 Å². The van der Waals surface area contributed by atoms with Gasteiger partial charge in [-0.1, -0.05) is 0 Å². The van der Waals surface area contributed by atoms with E-state index in [2.05, 4.69) is 10.4 Å². The number of fused-ring (bicyclic) bond motifs is 2. The van der Waals surface area contributed by atoms with Crippen LogP contribution in [0.25, 0.3) is 5.70 Å². The van der Waals surface area contributed by atoms with Gasteiger partial charge in [0.15, 0.2) is 5.69 Å². The first kappa shape index (κ1) is 13.6. The third-order valence-electron chi connectivity index (χ3n) is 3.73. The topological polar surface area (TPSA) is 90.7 Å². The summed E-state index contributed by atoms with van der Waals surface area (Å²) in [6, 6.07) is 1.68. The van der Waals surface area contributed by atoms with E-state index in [1.807, 2.05) is 6.08 Å². The summed E-state index contributed by atoms with van der Waals surface area (Å²) in [4.78, 5) is 27.1. The number of rotatable bonds is 4. The van der Waals surface area contributed by atoms with Gasteiger partial charge in [-0.05, 0) is 12.1 Å². The molecule has 2 N–H and O–H groups in total. The summed E-state index contributed by atoms with van der Waals surface area (Å²) in [7, 11) is 1.78. The largest absolute Gasteiger partial charge is 0.395 e. The molecule has 3 rings (SSSR count). The Hall–Kier alpha value is -2.35. The molecule has 8 heteroatoms. The van der Waals surface area contributed by atoms with Crippen LogP contribution in [-0.2, 0) is 0 Å². The van der Waals surface area contributed by atoms with Crippen molar-refractivity contribution in [1.29, 1.82) is 0 Å². The second-order valence-electron chi connectivity index (χ2n) is 5.12. The predicted molar refractivity (Wildman–Crippen MR) is 74.4 cm³/mol. The monoisotopic (exact) mass is 291 g/mol. The van der Waals surface area contributed by atoms with Crippen LogP contribution in [0, 0.1) is 0 Å². The summed E-state index contributed by atoms with van der Waals surface area (Å²) < 4.78 is 1.62. The number of urea groups is 1. The summed E-state index contributed by atoms with van der Waals surface area (Å²) in [6.07, 6.45) is 3.71. The van der Waals surface area contributed by atoms with Crippen molar-refractivity contribution in [2.24, 2.45) is 0 Å². The molecule has 0 radical (unpaired) electrons. The van der Waals surface area contributed by atoms with Crippen molar-refractivity contribution in [3.05, 3.63) is 24.0 Å². The molecule has 0 aliphatic carbocycles. The molecule has 3 amide bonds. The second kappa shape index (κ2) is 5.21. The number of likely N-dealkylation sites (N-methyl/N-ethyl adjacent to an activating group) is 1. The molecule has 2 aliphatic heterocycles. The smallest absolute Gasteiger partial charge is 0.320 e. The number of aliphatic hydroxyl groups is 1. The highest BCUT2D eigenvalue weighted by Gasteiger charge is 2.37. The van der Waals surface area contributed by atoms with Gasteiger partial charge >= 0.3 is 6.03 Å². The maximum Gasteiger partial charge on any atom is 0.320 e. The van der Waals surface area contributed by atoms with E-state index in [-0.39, 0.29) is 36.8 Å². The molecule has 0 aromatic carbocycles. The van der Waals surface area contributed by atoms with Gasteiger partial charge in [-0.2, -0.15) is 5.10 Å². The highest BCUT2D eigenvalue weighted by Crippen LogP contribution is 2.24. The number of carbonyl (C=O) groups excluding carboxylic acids is 2. The van der Waals surface area contributed by atoms with Gasteiger partial charge in [-0.15, -0.1) is 0 Å². The van der Waals surface area contributed by atoms with Crippen molar-refractivity contribution in [2.75, 3.05) is 33.3 Å². The summed E-state index contributed by atoms with van der Waals surface area (Å²) in [5.74, 6) is -0.323. The van der Waals surface area contributed by atoms with Crippen LogP contribution in [0.4, 0.5) is 4.79 Å². The number of aliphatic hydroxyl groups excluding tert-OH is 1. The quantitative estimate of drug-likeness (QED) is 0.759. The van der Waals surface area contributed by atoms with E-state index in [9.17, 15) is 9.59 Å². The molecule has 0 saturated carbocycles. The SMILES string of the molecule is CN1C(=O)N2CC(n3ccc(C(=O)NCCO)n3)=CC1C2. The summed E-state index contributed by atoms with van der Waals surface area (Å²) in [5, 5.41) is 15.5. The molecule has 1 saturated heterocycles. The van der Waals surface area contributed by atoms with Crippen LogP contribution in [-0.4, -0.2) is 76.0 Å². The second-order valence-corrected chi connectivity index (χ2v) is 5.12. The number of nitrogens with one attached hydrogen (secondary N) is 1. The molecule has 2 aliphatic rings. The fourth-order valence-electron chi connectivity index (χ4n) is 2.57.